The van der Waals surface area contributed by atoms with Crippen LogP contribution in [0, 0.1) is 0 Å². The Bertz CT molecular complexity index is 891. The molecule has 0 aromatic heterocycles. The van der Waals surface area contributed by atoms with Crippen molar-refractivity contribution in [1.29, 1.82) is 0 Å². The zero-order chi connectivity index (χ0) is 19.6. The average Bonchev–Trinajstić information content (AvgIpc) is 2.70. The maximum atomic E-state index is 13.1. The van der Waals surface area contributed by atoms with E-state index in [4.69, 9.17) is 21.1 Å². The fraction of sp³-hybridized carbons (Fsp3) is 0.318. The summed E-state index contributed by atoms with van der Waals surface area (Å²) in [5.74, 6) is 1.38. The van der Waals surface area contributed by atoms with E-state index in [1.54, 1.807) is 14.2 Å². The fourth-order valence-electron chi connectivity index (χ4n) is 3.55. The van der Waals surface area contributed by atoms with Gasteiger partial charge in [-0.25, -0.2) is 0 Å². The lowest BCUT2D eigenvalue weighted by Gasteiger charge is -2.38. The number of hydrogen-bond acceptors (Lipinski definition) is 3. The van der Waals surface area contributed by atoms with Gasteiger partial charge in [0.1, 0.15) is 0 Å². The number of carbonyl (C=O) groups excluding carboxylic acids is 1. The lowest BCUT2D eigenvalue weighted by molar-refractivity contribution is -0.129. The molecular weight excluding hydrogens is 362 g/mol. The molecule has 1 aliphatic rings. The van der Waals surface area contributed by atoms with Crippen LogP contribution in [-0.2, 0) is 11.2 Å². The Morgan fingerprint density at radius 3 is 2.52 bits per heavy atom. The summed E-state index contributed by atoms with van der Waals surface area (Å²) in [6, 6.07) is 11.4. The van der Waals surface area contributed by atoms with Crippen LogP contribution in [0.5, 0.6) is 11.5 Å². The zero-order valence-corrected chi connectivity index (χ0v) is 16.8. The first-order valence-electron chi connectivity index (χ1n) is 8.94. The standard InChI is InChI=1S/C22H24ClNO3/c1-5-14(2)22(25)24-10-9-15-12-19(26-3)20(27-4)13-18(15)21(24)16-7-6-8-17(23)11-16/h5-8,11-13,21H,9-10H2,1-4H3/b14-5+. The molecular formula is C22H24ClNO3. The molecule has 1 unspecified atom stereocenters. The molecule has 0 bridgehead atoms. The highest BCUT2D eigenvalue weighted by Gasteiger charge is 2.33. The van der Waals surface area contributed by atoms with Crippen molar-refractivity contribution in [3.05, 3.63) is 69.8 Å². The minimum absolute atomic E-state index is 0.0305. The summed E-state index contributed by atoms with van der Waals surface area (Å²) < 4.78 is 11.0. The molecule has 142 valence electrons. The Morgan fingerprint density at radius 2 is 1.89 bits per heavy atom. The SMILES string of the molecule is C/C=C(\C)C(=O)N1CCc2cc(OC)c(OC)cc2C1c1cccc(Cl)c1. The van der Waals surface area contributed by atoms with E-state index in [2.05, 4.69) is 0 Å². The Morgan fingerprint density at radius 1 is 1.19 bits per heavy atom. The number of nitrogens with zero attached hydrogens (tertiary/aromatic N) is 1. The van der Waals surface area contributed by atoms with Crippen molar-refractivity contribution in [2.75, 3.05) is 20.8 Å². The Labute approximate surface area is 165 Å². The van der Waals surface area contributed by atoms with Gasteiger partial charge in [0.2, 0.25) is 5.91 Å². The van der Waals surface area contributed by atoms with Crippen molar-refractivity contribution in [3.63, 3.8) is 0 Å². The van der Waals surface area contributed by atoms with Gasteiger partial charge in [-0.05, 0) is 61.2 Å². The van der Waals surface area contributed by atoms with Crippen LogP contribution in [0.25, 0.3) is 0 Å². The third-order valence-electron chi connectivity index (χ3n) is 5.07. The van der Waals surface area contributed by atoms with Crippen LogP contribution in [0.1, 0.15) is 36.6 Å². The van der Waals surface area contributed by atoms with Crippen LogP contribution < -0.4 is 9.47 Å². The van der Waals surface area contributed by atoms with Crippen molar-refractivity contribution in [3.8, 4) is 11.5 Å². The van der Waals surface area contributed by atoms with Crippen LogP contribution in [0.15, 0.2) is 48.0 Å². The van der Waals surface area contributed by atoms with Gasteiger partial charge in [-0.15, -0.1) is 0 Å². The molecule has 1 aliphatic heterocycles. The summed E-state index contributed by atoms with van der Waals surface area (Å²) in [5.41, 5.74) is 3.90. The molecule has 27 heavy (non-hydrogen) atoms. The summed E-state index contributed by atoms with van der Waals surface area (Å²) in [5, 5.41) is 0.648. The molecule has 0 aliphatic carbocycles. The second-order valence-electron chi connectivity index (χ2n) is 6.58. The van der Waals surface area contributed by atoms with Gasteiger partial charge in [-0.3, -0.25) is 4.79 Å². The van der Waals surface area contributed by atoms with Gasteiger partial charge in [0.25, 0.3) is 0 Å². The van der Waals surface area contributed by atoms with Gasteiger partial charge in [0.05, 0.1) is 20.3 Å². The average molecular weight is 386 g/mol. The number of rotatable bonds is 4. The van der Waals surface area contributed by atoms with E-state index in [-0.39, 0.29) is 11.9 Å². The number of benzene rings is 2. The molecule has 0 saturated carbocycles. The predicted octanol–water partition coefficient (Wildman–Crippen LogP) is 4.80. The molecule has 0 spiro atoms. The van der Waals surface area contributed by atoms with Crippen molar-refractivity contribution < 1.29 is 14.3 Å². The smallest absolute Gasteiger partial charge is 0.249 e. The fourth-order valence-corrected chi connectivity index (χ4v) is 3.75. The number of carbonyl (C=O) groups is 1. The van der Waals surface area contributed by atoms with Crippen LogP contribution in [0.3, 0.4) is 0 Å². The van der Waals surface area contributed by atoms with Gasteiger partial charge in [0, 0.05) is 17.1 Å². The molecule has 0 saturated heterocycles. The first-order valence-corrected chi connectivity index (χ1v) is 9.32. The Kier molecular flexibility index (Phi) is 5.76. The van der Waals surface area contributed by atoms with Crippen molar-refractivity contribution in [1.82, 2.24) is 4.90 Å². The molecule has 2 aromatic carbocycles. The number of allylic oxidation sites excluding steroid dienone is 1. The van der Waals surface area contributed by atoms with Gasteiger partial charge < -0.3 is 14.4 Å². The third kappa shape index (κ3) is 3.67. The maximum absolute atomic E-state index is 13.1. The summed E-state index contributed by atoms with van der Waals surface area (Å²) in [6.07, 6.45) is 2.61. The van der Waals surface area contributed by atoms with Gasteiger partial charge in [0.15, 0.2) is 11.5 Å². The highest BCUT2D eigenvalue weighted by Crippen LogP contribution is 2.41. The van der Waals surface area contributed by atoms with Crippen molar-refractivity contribution >= 4 is 17.5 Å². The topological polar surface area (TPSA) is 38.8 Å². The maximum Gasteiger partial charge on any atom is 0.249 e. The lowest BCUT2D eigenvalue weighted by Crippen LogP contribution is -2.41. The second-order valence-corrected chi connectivity index (χ2v) is 7.02. The largest absolute Gasteiger partial charge is 0.493 e. The minimum Gasteiger partial charge on any atom is -0.493 e. The summed E-state index contributed by atoms with van der Waals surface area (Å²) in [6.45, 7) is 4.36. The summed E-state index contributed by atoms with van der Waals surface area (Å²) in [7, 11) is 3.25. The first kappa shape index (κ1) is 19.3. The van der Waals surface area contributed by atoms with E-state index in [0.717, 1.165) is 28.7 Å². The van der Waals surface area contributed by atoms with E-state index in [0.29, 0.717) is 23.1 Å². The second kappa shape index (κ2) is 8.05. The van der Waals surface area contributed by atoms with Crippen LogP contribution >= 0.6 is 11.6 Å². The minimum atomic E-state index is -0.227. The molecule has 1 atom stereocenters. The molecule has 0 fully saturated rings. The normalized spacial score (nSPS) is 16.7. The van der Waals surface area contributed by atoms with E-state index >= 15 is 0 Å². The van der Waals surface area contributed by atoms with Crippen LogP contribution in [0.2, 0.25) is 5.02 Å². The van der Waals surface area contributed by atoms with E-state index in [1.807, 2.05) is 61.2 Å². The quantitative estimate of drug-likeness (QED) is 0.710. The van der Waals surface area contributed by atoms with Gasteiger partial charge in [-0.1, -0.05) is 29.8 Å². The molecule has 0 N–H and O–H groups in total. The van der Waals surface area contributed by atoms with E-state index < -0.39 is 0 Å². The first-order chi connectivity index (χ1) is 13.0. The summed E-state index contributed by atoms with van der Waals surface area (Å²) in [4.78, 5) is 15.0. The zero-order valence-electron chi connectivity index (χ0n) is 16.1. The molecule has 3 rings (SSSR count). The van der Waals surface area contributed by atoms with Crippen molar-refractivity contribution in [2.45, 2.75) is 26.3 Å². The molecule has 2 aromatic rings. The Balaban J connectivity index is 2.19. The predicted molar refractivity (Wildman–Crippen MR) is 108 cm³/mol. The summed E-state index contributed by atoms with van der Waals surface area (Å²) >= 11 is 6.25. The Hall–Kier alpha value is -2.46. The highest BCUT2D eigenvalue weighted by molar-refractivity contribution is 6.30. The highest BCUT2D eigenvalue weighted by atomic mass is 35.5. The van der Waals surface area contributed by atoms with Gasteiger partial charge >= 0.3 is 0 Å². The lowest BCUT2D eigenvalue weighted by atomic mass is 9.87. The molecule has 1 amide bonds. The van der Waals surface area contributed by atoms with E-state index in [1.165, 1.54) is 0 Å². The number of amides is 1. The van der Waals surface area contributed by atoms with Gasteiger partial charge in [-0.2, -0.15) is 0 Å². The third-order valence-corrected chi connectivity index (χ3v) is 5.30. The number of hydrogen-bond donors (Lipinski definition) is 0. The molecule has 5 heteroatoms. The number of ether oxygens (including phenoxy) is 2. The number of fused-ring (bicyclic) bond motifs is 1. The molecule has 4 nitrogen and oxygen atoms in total. The van der Waals surface area contributed by atoms with E-state index in [9.17, 15) is 4.79 Å². The number of methoxy groups -OCH3 is 2. The van der Waals surface area contributed by atoms with Crippen molar-refractivity contribution in [2.24, 2.45) is 0 Å². The van der Waals surface area contributed by atoms with Crippen LogP contribution in [-0.4, -0.2) is 31.6 Å². The molecule has 1 heterocycles. The number of halogens is 1. The van der Waals surface area contributed by atoms with Crippen LogP contribution in [0.4, 0.5) is 0 Å². The molecule has 0 radical (unpaired) electrons. The monoisotopic (exact) mass is 385 g/mol.